The van der Waals surface area contributed by atoms with E-state index in [1.807, 2.05) is 13.0 Å². The van der Waals surface area contributed by atoms with E-state index in [4.69, 9.17) is 14.2 Å². The molecule has 7 nitrogen and oxygen atoms in total. The first-order valence-electron chi connectivity index (χ1n) is 8.67. The molecule has 7 heteroatoms. The molecule has 0 radical (unpaired) electrons. The molecule has 144 valence electrons. The highest BCUT2D eigenvalue weighted by molar-refractivity contribution is 6.04. The Balaban J connectivity index is 1.69. The van der Waals surface area contributed by atoms with Crippen LogP contribution in [0.25, 0.3) is 0 Å². The molecule has 0 fully saturated rings. The Bertz CT molecular complexity index is 746. The van der Waals surface area contributed by atoms with Crippen molar-refractivity contribution in [3.8, 4) is 17.2 Å². The number of amides is 2. The number of anilines is 1. The molecular formula is C20H24N2O5. The summed E-state index contributed by atoms with van der Waals surface area (Å²) in [6.45, 7) is 2.95. The summed E-state index contributed by atoms with van der Waals surface area (Å²) in [7, 11) is 1.59. The number of carbonyl (C=O) groups excluding carboxylic acids is 2. The van der Waals surface area contributed by atoms with Gasteiger partial charge in [0, 0.05) is 0 Å². The van der Waals surface area contributed by atoms with Gasteiger partial charge in [-0.3, -0.25) is 9.59 Å². The predicted octanol–water partition coefficient (Wildman–Crippen LogP) is 2.62. The van der Waals surface area contributed by atoms with Crippen LogP contribution in [0, 0.1) is 0 Å². The smallest absolute Gasteiger partial charge is 0.233 e. The van der Waals surface area contributed by atoms with E-state index in [9.17, 15) is 9.59 Å². The Morgan fingerprint density at radius 2 is 1.63 bits per heavy atom. The lowest BCUT2D eigenvalue weighted by Gasteiger charge is -2.11. The molecule has 0 atom stereocenters. The van der Waals surface area contributed by atoms with Gasteiger partial charge in [0.05, 0.1) is 25.9 Å². The van der Waals surface area contributed by atoms with E-state index in [-0.39, 0.29) is 12.3 Å². The molecule has 2 N–H and O–H groups in total. The number of rotatable bonds is 10. The fourth-order valence-electron chi connectivity index (χ4n) is 2.29. The van der Waals surface area contributed by atoms with Gasteiger partial charge in [-0.25, -0.2) is 0 Å². The number of hydrogen-bond donors (Lipinski definition) is 2. The lowest BCUT2D eigenvalue weighted by molar-refractivity contribution is -0.126. The topological polar surface area (TPSA) is 85.9 Å². The second kappa shape index (κ2) is 10.7. The molecule has 0 saturated heterocycles. The van der Waals surface area contributed by atoms with Crippen LogP contribution in [0.4, 0.5) is 5.69 Å². The monoisotopic (exact) mass is 372 g/mol. The van der Waals surface area contributed by atoms with Crippen LogP contribution in [-0.4, -0.2) is 38.7 Å². The van der Waals surface area contributed by atoms with E-state index in [1.54, 1.807) is 49.6 Å². The number of para-hydroxylation sites is 2. The quantitative estimate of drug-likeness (QED) is 0.495. The van der Waals surface area contributed by atoms with Gasteiger partial charge < -0.3 is 24.8 Å². The molecule has 0 heterocycles. The van der Waals surface area contributed by atoms with Crippen molar-refractivity contribution in [3.63, 3.8) is 0 Å². The number of carbonyl (C=O) groups is 2. The van der Waals surface area contributed by atoms with Crippen molar-refractivity contribution in [2.24, 2.45) is 0 Å². The van der Waals surface area contributed by atoms with E-state index in [2.05, 4.69) is 10.6 Å². The molecule has 2 aromatic rings. The van der Waals surface area contributed by atoms with Gasteiger partial charge in [0.15, 0.2) is 0 Å². The summed E-state index contributed by atoms with van der Waals surface area (Å²) in [5.41, 5.74) is 0.542. The van der Waals surface area contributed by atoms with Gasteiger partial charge in [-0.2, -0.15) is 0 Å². The van der Waals surface area contributed by atoms with E-state index in [0.717, 1.165) is 5.75 Å². The van der Waals surface area contributed by atoms with E-state index < -0.39 is 5.91 Å². The van der Waals surface area contributed by atoms with Crippen molar-refractivity contribution in [2.75, 3.05) is 32.2 Å². The van der Waals surface area contributed by atoms with Gasteiger partial charge in [0.25, 0.3) is 0 Å². The first-order chi connectivity index (χ1) is 13.1. The molecule has 0 aliphatic rings. The average Bonchev–Trinajstić information content (AvgIpc) is 2.67. The van der Waals surface area contributed by atoms with Crippen LogP contribution < -0.4 is 24.8 Å². The third-order valence-electron chi connectivity index (χ3n) is 3.53. The van der Waals surface area contributed by atoms with Crippen LogP contribution in [-0.2, 0) is 9.59 Å². The standard InChI is InChI=1S/C20H24N2O5/c1-3-26-18-7-5-4-6-17(18)22-20(24)14-19(23)21-12-13-27-16-10-8-15(25-2)9-11-16/h4-11H,3,12-14H2,1-2H3,(H,21,23)(H,22,24). The van der Waals surface area contributed by atoms with Crippen LogP contribution in [0.2, 0.25) is 0 Å². The van der Waals surface area contributed by atoms with E-state index >= 15 is 0 Å². The fourth-order valence-corrected chi connectivity index (χ4v) is 2.29. The molecule has 0 aliphatic carbocycles. The Hall–Kier alpha value is -3.22. The Morgan fingerprint density at radius 3 is 2.33 bits per heavy atom. The second-order valence-corrected chi connectivity index (χ2v) is 5.53. The number of benzene rings is 2. The lowest BCUT2D eigenvalue weighted by Crippen LogP contribution is -2.31. The Labute approximate surface area is 158 Å². The molecule has 0 aromatic heterocycles. The van der Waals surface area contributed by atoms with Gasteiger partial charge in [-0.1, -0.05) is 12.1 Å². The molecule has 0 bridgehead atoms. The first-order valence-corrected chi connectivity index (χ1v) is 8.67. The number of nitrogens with one attached hydrogen (secondary N) is 2. The van der Waals surface area contributed by atoms with Crippen LogP contribution >= 0.6 is 0 Å². The highest BCUT2D eigenvalue weighted by atomic mass is 16.5. The largest absolute Gasteiger partial charge is 0.497 e. The Kier molecular flexibility index (Phi) is 7.96. The summed E-state index contributed by atoms with van der Waals surface area (Å²) in [6.07, 6.45) is -0.275. The fraction of sp³-hybridized carbons (Fsp3) is 0.300. The van der Waals surface area contributed by atoms with Gasteiger partial charge >= 0.3 is 0 Å². The van der Waals surface area contributed by atoms with Crippen molar-refractivity contribution in [3.05, 3.63) is 48.5 Å². The minimum atomic E-state index is -0.407. The van der Waals surface area contributed by atoms with Crippen LogP contribution in [0.15, 0.2) is 48.5 Å². The summed E-state index contributed by atoms with van der Waals surface area (Å²) in [4.78, 5) is 23.9. The molecule has 27 heavy (non-hydrogen) atoms. The van der Waals surface area contributed by atoms with Gasteiger partial charge in [-0.15, -0.1) is 0 Å². The third kappa shape index (κ3) is 6.89. The zero-order chi connectivity index (χ0) is 19.5. The SMILES string of the molecule is CCOc1ccccc1NC(=O)CC(=O)NCCOc1ccc(OC)cc1. The molecule has 0 saturated carbocycles. The van der Waals surface area contributed by atoms with E-state index in [0.29, 0.717) is 36.9 Å². The molecule has 2 aromatic carbocycles. The number of methoxy groups -OCH3 is 1. The molecule has 0 unspecified atom stereocenters. The first kappa shape index (κ1) is 20.1. The predicted molar refractivity (Wildman–Crippen MR) is 102 cm³/mol. The van der Waals surface area contributed by atoms with Crippen molar-refractivity contribution in [1.82, 2.24) is 5.32 Å². The summed E-state index contributed by atoms with van der Waals surface area (Å²) in [5.74, 6) is 1.21. The third-order valence-corrected chi connectivity index (χ3v) is 3.53. The van der Waals surface area contributed by atoms with Gasteiger partial charge in [-0.05, 0) is 43.3 Å². The summed E-state index contributed by atoms with van der Waals surface area (Å²) in [6, 6.07) is 14.2. The average molecular weight is 372 g/mol. The maximum Gasteiger partial charge on any atom is 0.233 e. The summed E-state index contributed by atoms with van der Waals surface area (Å²) < 4.78 is 16.0. The highest BCUT2D eigenvalue weighted by Gasteiger charge is 2.11. The zero-order valence-corrected chi connectivity index (χ0v) is 15.5. The van der Waals surface area contributed by atoms with Crippen molar-refractivity contribution in [2.45, 2.75) is 13.3 Å². The lowest BCUT2D eigenvalue weighted by atomic mass is 10.2. The maximum absolute atomic E-state index is 12.0. The summed E-state index contributed by atoms with van der Waals surface area (Å²) >= 11 is 0. The summed E-state index contributed by atoms with van der Waals surface area (Å²) in [5, 5.41) is 5.34. The van der Waals surface area contributed by atoms with Crippen LogP contribution in [0.5, 0.6) is 17.2 Å². The van der Waals surface area contributed by atoms with Crippen molar-refractivity contribution < 1.29 is 23.8 Å². The van der Waals surface area contributed by atoms with Gasteiger partial charge in [0.2, 0.25) is 11.8 Å². The molecule has 2 amide bonds. The van der Waals surface area contributed by atoms with Crippen LogP contribution in [0.3, 0.4) is 0 Å². The second-order valence-electron chi connectivity index (χ2n) is 5.53. The normalized spacial score (nSPS) is 10.0. The zero-order valence-electron chi connectivity index (χ0n) is 15.5. The molecule has 0 spiro atoms. The molecule has 0 aliphatic heterocycles. The maximum atomic E-state index is 12.0. The highest BCUT2D eigenvalue weighted by Crippen LogP contribution is 2.23. The van der Waals surface area contributed by atoms with Gasteiger partial charge in [0.1, 0.15) is 30.3 Å². The minimum absolute atomic E-state index is 0.275. The minimum Gasteiger partial charge on any atom is -0.497 e. The van der Waals surface area contributed by atoms with Crippen molar-refractivity contribution >= 4 is 17.5 Å². The number of ether oxygens (including phenoxy) is 3. The Morgan fingerprint density at radius 1 is 0.926 bits per heavy atom. The van der Waals surface area contributed by atoms with E-state index in [1.165, 1.54) is 0 Å². The molecular weight excluding hydrogens is 348 g/mol. The molecule has 2 rings (SSSR count). The van der Waals surface area contributed by atoms with Crippen LogP contribution in [0.1, 0.15) is 13.3 Å². The number of hydrogen-bond acceptors (Lipinski definition) is 5. The van der Waals surface area contributed by atoms with Crippen molar-refractivity contribution in [1.29, 1.82) is 0 Å².